The van der Waals surface area contributed by atoms with Gasteiger partial charge in [0.15, 0.2) is 0 Å². The summed E-state index contributed by atoms with van der Waals surface area (Å²) < 4.78 is 11.6. The molecule has 0 radical (unpaired) electrons. The van der Waals surface area contributed by atoms with Gasteiger partial charge < -0.3 is 0 Å². The van der Waals surface area contributed by atoms with Crippen LogP contribution in [0.15, 0.2) is 11.6 Å². The Kier molecular flexibility index (Phi) is 4.08. The van der Waals surface area contributed by atoms with Crippen molar-refractivity contribution in [2.45, 2.75) is 51.3 Å². The van der Waals surface area contributed by atoms with Crippen LogP contribution in [0.25, 0.3) is 0 Å². The molecule has 85 valence electrons. The molecule has 0 unspecified atom stereocenters. The van der Waals surface area contributed by atoms with Gasteiger partial charge in [0, 0.05) is 0 Å². The molecule has 0 saturated heterocycles. The predicted molar refractivity (Wildman–Crippen MR) is 56.0 cm³/mol. The van der Waals surface area contributed by atoms with Gasteiger partial charge in [-0.1, -0.05) is 0 Å². The van der Waals surface area contributed by atoms with Crippen LogP contribution in [0, 0.1) is 11.3 Å². The van der Waals surface area contributed by atoms with Crippen LogP contribution in [0.5, 0.6) is 0 Å². The van der Waals surface area contributed by atoms with Gasteiger partial charge in [-0.25, -0.2) is 0 Å². The molecule has 0 aliphatic heterocycles. The van der Waals surface area contributed by atoms with E-state index in [2.05, 4.69) is 27.4 Å². The predicted octanol–water partition coefficient (Wildman–Crippen LogP) is 4.12. The van der Waals surface area contributed by atoms with E-state index >= 15 is 0 Å². The molecule has 1 nitrogen and oxygen atoms in total. The second-order valence-electron chi connectivity index (χ2n) is 5.18. The summed E-state index contributed by atoms with van der Waals surface area (Å²) in [7, 11) is 0. The summed E-state index contributed by atoms with van der Waals surface area (Å²) >= 11 is -1.12. The fraction of sp³-hybridized carbons (Fsp3) is 0.833. The van der Waals surface area contributed by atoms with Crippen LogP contribution in [0.1, 0.15) is 46.5 Å². The van der Waals surface area contributed by atoms with Gasteiger partial charge in [0.25, 0.3) is 0 Å². The Bertz CT molecular complexity index is 219. The number of hydrogen-bond donors (Lipinski definition) is 0. The Morgan fingerprint density at radius 1 is 1.21 bits per heavy atom. The van der Waals surface area contributed by atoms with E-state index < -0.39 is 13.6 Å². The van der Waals surface area contributed by atoms with Crippen molar-refractivity contribution in [1.82, 2.24) is 0 Å². The van der Waals surface area contributed by atoms with Crippen molar-refractivity contribution in [3.05, 3.63) is 11.6 Å². The molecule has 1 rings (SSSR count). The van der Waals surface area contributed by atoms with Gasteiger partial charge in [-0.3, -0.25) is 0 Å². The Morgan fingerprint density at radius 3 is 2.07 bits per heavy atom. The third kappa shape index (κ3) is 3.02. The van der Waals surface area contributed by atoms with Crippen LogP contribution in [-0.2, 0) is 17.5 Å². The molecule has 0 aromatic heterocycles. The minimum absolute atomic E-state index is 0.415. The molecule has 0 aromatic rings. The quantitative estimate of drug-likeness (QED) is 0.710. The average Bonchev–Trinajstić information content (AvgIpc) is 2.15. The van der Waals surface area contributed by atoms with E-state index in [1.54, 1.807) is 5.01 Å². The standard InChI is InChI=1S/C10H19.C2H3.Co.O/c1-10(2,3)9-7-5-4-6-8-9;1-2;;/h4,9H,5-8H2,1-3H3;1H,2H2;;. The molecule has 0 atom stereocenters. The normalized spacial score (nSPS) is 29.8. The third-order valence-electron chi connectivity index (χ3n) is 3.26. The van der Waals surface area contributed by atoms with Gasteiger partial charge in [-0.2, -0.15) is 0 Å². The van der Waals surface area contributed by atoms with Gasteiger partial charge in [0.05, 0.1) is 0 Å². The molecule has 1 aliphatic carbocycles. The number of rotatable bonds is 2. The molecule has 0 N–H and O–H groups in total. The summed E-state index contributed by atoms with van der Waals surface area (Å²) in [5.74, 6) is 0.812. The summed E-state index contributed by atoms with van der Waals surface area (Å²) in [4.78, 5) is 0.415. The Balaban J connectivity index is 2.46. The molecular formula is C12H22CoO. The zero-order chi connectivity index (χ0) is 10.8. The van der Waals surface area contributed by atoms with Crippen LogP contribution in [-0.4, -0.2) is 0 Å². The summed E-state index contributed by atoms with van der Waals surface area (Å²) in [5, 5.41) is 1.63. The molecule has 14 heavy (non-hydrogen) atoms. The SMILES string of the molecule is C=[CH][Co](=[O])[CH]1CCC(C(C)(C)C)CC1. The molecule has 1 fully saturated rings. The van der Waals surface area contributed by atoms with E-state index in [-0.39, 0.29) is 0 Å². The van der Waals surface area contributed by atoms with Crippen LogP contribution in [0.2, 0.25) is 4.85 Å². The fourth-order valence-electron chi connectivity index (χ4n) is 2.20. The van der Waals surface area contributed by atoms with E-state index in [0.29, 0.717) is 10.3 Å². The van der Waals surface area contributed by atoms with Crippen LogP contribution >= 0.6 is 0 Å². The van der Waals surface area contributed by atoms with Crippen LogP contribution < -0.4 is 0 Å². The molecular weight excluding hydrogens is 219 g/mol. The van der Waals surface area contributed by atoms with E-state index in [4.69, 9.17) is 0 Å². The number of hydrogen-bond acceptors (Lipinski definition) is 1. The first kappa shape index (κ1) is 12.1. The second kappa shape index (κ2) is 4.71. The zero-order valence-corrected chi connectivity index (χ0v) is 10.6. The van der Waals surface area contributed by atoms with E-state index in [1.165, 1.54) is 12.8 Å². The Hall–Kier alpha value is 0.0465. The van der Waals surface area contributed by atoms with Gasteiger partial charge >= 0.3 is 91.7 Å². The van der Waals surface area contributed by atoms with Gasteiger partial charge in [-0.05, 0) is 0 Å². The van der Waals surface area contributed by atoms with E-state index in [1.807, 2.05) is 0 Å². The van der Waals surface area contributed by atoms with Crippen molar-refractivity contribution in [2.75, 3.05) is 0 Å². The van der Waals surface area contributed by atoms with Gasteiger partial charge in [0.2, 0.25) is 0 Å². The first-order valence-electron chi connectivity index (χ1n) is 5.35. The fourth-order valence-corrected chi connectivity index (χ4v) is 3.49. The van der Waals surface area contributed by atoms with E-state index in [0.717, 1.165) is 18.8 Å². The van der Waals surface area contributed by atoms with Crippen molar-refractivity contribution in [1.29, 1.82) is 0 Å². The van der Waals surface area contributed by atoms with Crippen LogP contribution in [0.4, 0.5) is 0 Å². The first-order chi connectivity index (χ1) is 6.45. The molecule has 1 aliphatic rings. The summed E-state index contributed by atoms with van der Waals surface area (Å²) in [6.45, 7) is 10.6. The first-order valence-corrected chi connectivity index (χ1v) is 6.98. The maximum absolute atomic E-state index is 11.6. The van der Waals surface area contributed by atoms with Crippen LogP contribution in [0.3, 0.4) is 0 Å². The van der Waals surface area contributed by atoms with Gasteiger partial charge in [-0.15, -0.1) is 0 Å². The molecule has 0 spiro atoms. The van der Waals surface area contributed by atoms with E-state index in [9.17, 15) is 3.87 Å². The van der Waals surface area contributed by atoms with Gasteiger partial charge in [0.1, 0.15) is 0 Å². The molecule has 0 amide bonds. The molecule has 0 bridgehead atoms. The Labute approximate surface area is 91.9 Å². The minimum atomic E-state index is -1.12. The molecule has 0 heterocycles. The summed E-state index contributed by atoms with van der Waals surface area (Å²) in [6, 6.07) is 0. The third-order valence-corrected chi connectivity index (χ3v) is 5.12. The summed E-state index contributed by atoms with van der Waals surface area (Å²) in [5.41, 5.74) is 0.421. The van der Waals surface area contributed by atoms with Crippen molar-refractivity contribution >= 4 is 0 Å². The topological polar surface area (TPSA) is 17.1 Å². The zero-order valence-electron chi connectivity index (χ0n) is 9.51. The monoisotopic (exact) mass is 241 g/mol. The molecule has 0 aromatic carbocycles. The molecule has 1 saturated carbocycles. The molecule has 2 heteroatoms. The van der Waals surface area contributed by atoms with Crippen molar-refractivity contribution in [3.8, 4) is 0 Å². The second-order valence-corrected chi connectivity index (χ2v) is 7.30. The van der Waals surface area contributed by atoms with Crippen molar-refractivity contribution < 1.29 is 17.5 Å². The summed E-state index contributed by atoms with van der Waals surface area (Å²) in [6.07, 6.45) is 4.73. The Morgan fingerprint density at radius 2 is 1.71 bits per heavy atom. The maximum atomic E-state index is 11.6. The average molecular weight is 241 g/mol. The van der Waals surface area contributed by atoms with Crippen molar-refractivity contribution in [3.63, 3.8) is 0 Å². The van der Waals surface area contributed by atoms with Crippen molar-refractivity contribution in [2.24, 2.45) is 11.3 Å².